The fraction of sp³-hybridized carbons (Fsp3) is 0.0217. The molecule has 2 nitrogen and oxygen atoms in total. The molecule has 0 saturated heterocycles. The number of para-hydroxylation sites is 1. The number of aromatic nitrogens is 2. The second-order valence-corrected chi connectivity index (χ2v) is 13.1. The maximum absolute atomic E-state index is 5.22. The van der Waals surface area contributed by atoms with Gasteiger partial charge >= 0.3 is 0 Å². The Hall–Kier alpha value is -6.25. The van der Waals surface area contributed by atoms with Gasteiger partial charge in [0.2, 0.25) is 0 Å². The Morgan fingerprint density at radius 2 is 1.06 bits per heavy atom. The molecule has 0 aromatic heterocycles. The Bertz CT molecular complexity index is 2690. The summed E-state index contributed by atoms with van der Waals surface area (Å²) in [5.41, 5.74) is 18.2. The summed E-state index contributed by atoms with van der Waals surface area (Å²) in [6, 6.07) is 60.1. The number of hydrogen-bond donors (Lipinski definition) is 0. The molecule has 2 heterocycles. The van der Waals surface area contributed by atoms with Crippen molar-refractivity contribution in [3.05, 3.63) is 192 Å². The molecule has 0 N–H and O–H groups in total. The third-order valence-corrected chi connectivity index (χ3v) is 10.8. The van der Waals surface area contributed by atoms with Crippen LogP contribution in [-0.4, -0.2) is 9.55 Å². The van der Waals surface area contributed by atoms with Crippen molar-refractivity contribution in [1.29, 1.82) is 0 Å². The van der Waals surface area contributed by atoms with Crippen molar-refractivity contribution in [2.24, 2.45) is 0 Å². The van der Waals surface area contributed by atoms with Gasteiger partial charge in [-0.1, -0.05) is 140 Å². The van der Waals surface area contributed by atoms with Crippen LogP contribution in [0.15, 0.2) is 170 Å². The quantitative estimate of drug-likeness (QED) is 0.191. The van der Waals surface area contributed by atoms with Crippen LogP contribution in [0.3, 0.4) is 0 Å². The van der Waals surface area contributed by atoms with Gasteiger partial charge in [-0.25, -0.2) is 4.98 Å². The molecular formula is C46H28N2. The Balaban J connectivity index is 1.27. The van der Waals surface area contributed by atoms with Crippen LogP contribution in [0.25, 0.3) is 72.1 Å². The molecule has 0 fully saturated rings. The molecule has 0 unspecified atom stereocenters. The highest BCUT2D eigenvalue weighted by atomic mass is 15.0. The average molecular weight is 609 g/mol. The molecule has 11 rings (SSSR count). The highest BCUT2D eigenvalue weighted by Crippen LogP contribution is 2.63. The summed E-state index contributed by atoms with van der Waals surface area (Å²) >= 11 is 0. The number of pyridine rings is 1. The van der Waals surface area contributed by atoms with E-state index in [0.29, 0.717) is 0 Å². The van der Waals surface area contributed by atoms with Gasteiger partial charge < -0.3 is 4.57 Å². The molecule has 0 atom stereocenters. The standard InChI is InChI=1S/C46H28N2/c1-2-13-29(14-3-1)30-25-26-42-35(27-30)45-36(33-17-7-11-23-41(33)47-45)28-48(42)43-24-12-22-40-44(43)34-18-6-10-21-39(34)46(40)37-19-8-4-15-31(37)32-16-5-9-20-38(32)46/h1-28H. The minimum absolute atomic E-state index is 0.384. The zero-order valence-corrected chi connectivity index (χ0v) is 26.1. The minimum atomic E-state index is -0.384. The summed E-state index contributed by atoms with van der Waals surface area (Å²) in [4.78, 5) is 5.22. The number of fused-ring (bicyclic) bond motifs is 15. The first-order valence-electron chi connectivity index (χ1n) is 16.6. The van der Waals surface area contributed by atoms with Crippen LogP contribution in [-0.2, 0) is 5.41 Å². The van der Waals surface area contributed by atoms with E-state index in [1.165, 1.54) is 72.3 Å². The van der Waals surface area contributed by atoms with Gasteiger partial charge in [-0.2, -0.15) is 0 Å². The normalized spacial score (nSPS) is 13.6. The van der Waals surface area contributed by atoms with Crippen molar-refractivity contribution < 1.29 is 0 Å². The molecule has 7 aromatic rings. The maximum atomic E-state index is 5.22. The largest absolute Gasteiger partial charge is 0.315 e. The molecule has 0 saturated carbocycles. The van der Waals surface area contributed by atoms with Crippen molar-refractivity contribution >= 4 is 21.8 Å². The van der Waals surface area contributed by atoms with Gasteiger partial charge in [-0.15, -0.1) is 0 Å². The summed E-state index contributed by atoms with van der Waals surface area (Å²) in [5.74, 6) is 0. The highest BCUT2D eigenvalue weighted by Gasteiger charge is 2.52. The first-order valence-corrected chi connectivity index (χ1v) is 16.6. The van der Waals surface area contributed by atoms with Gasteiger partial charge in [-0.3, -0.25) is 0 Å². The summed E-state index contributed by atoms with van der Waals surface area (Å²) < 4.78 is 2.43. The number of nitrogens with zero attached hydrogens (tertiary/aromatic N) is 2. The maximum Gasteiger partial charge on any atom is 0.0824 e. The van der Waals surface area contributed by atoms with Crippen molar-refractivity contribution in [1.82, 2.24) is 9.55 Å². The van der Waals surface area contributed by atoms with Crippen molar-refractivity contribution in [2.45, 2.75) is 5.41 Å². The van der Waals surface area contributed by atoms with E-state index in [4.69, 9.17) is 4.98 Å². The summed E-state index contributed by atoms with van der Waals surface area (Å²) in [6.45, 7) is 0. The van der Waals surface area contributed by atoms with E-state index in [1.807, 2.05) is 0 Å². The van der Waals surface area contributed by atoms with E-state index in [-0.39, 0.29) is 5.41 Å². The van der Waals surface area contributed by atoms with Crippen LogP contribution in [0.2, 0.25) is 0 Å². The molecule has 222 valence electrons. The highest BCUT2D eigenvalue weighted by molar-refractivity contribution is 6.08. The van der Waals surface area contributed by atoms with Gasteiger partial charge in [0.25, 0.3) is 0 Å². The van der Waals surface area contributed by atoms with Gasteiger partial charge in [0, 0.05) is 28.1 Å². The third kappa shape index (κ3) is 3.19. The lowest BCUT2D eigenvalue weighted by Gasteiger charge is -2.30. The predicted octanol–water partition coefficient (Wildman–Crippen LogP) is 11.3. The smallest absolute Gasteiger partial charge is 0.0824 e. The van der Waals surface area contributed by atoms with Crippen molar-refractivity contribution in [3.8, 4) is 50.3 Å². The molecule has 48 heavy (non-hydrogen) atoms. The molecule has 2 aliphatic heterocycles. The van der Waals surface area contributed by atoms with Crippen molar-refractivity contribution in [2.75, 3.05) is 0 Å². The lowest BCUT2D eigenvalue weighted by atomic mass is 9.70. The molecule has 1 spiro atoms. The average Bonchev–Trinajstić information content (AvgIpc) is 3.79. The van der Waals surface area contributed by atoms with E-state index in [0.717, 1.165) is 22.1 Å². The van der Waals surface area contributed by atoms with Crippen LogP contribution < -0.4 is 0 Å². The topological polar surface area (TPSA) is 17.8 Å². The van der Waals surface area contributed by atoms with E-state index in [1.54, 1.807) is 0 Å². The van der Waals surface area contributed by atoms with Crippen LogP contribution in [0.4, 0.5) is 0 Å². The SMILES string of the molecule is c1ccc(-c2ccc3c(c2)c2nc4ccccc4c-2cn3-c2cccc3c2-c2ccccc2C32c3ccccc3-c3ccccc32)cc1. The lowest BCUT2D eigenvalue weighted by Crippen LogP contribution is -2.25. The summed E-state index contributed by atoms with van der Waals surface area (Å²) in [5, 5.41) is 2.33. The van der Waals surface area contributed by atoms with Gasteiger partial charge in [0.1, 0.15) is 0 Å². The van der Waals surface area contributed by atoms with Crippen LogP contribution >= 0.6 is 0 Å². The first-order chi connectivity index (χ1) is 23.8. The number of hydrogen-bond acceptors (Lipinski definition) is 1. The molecular weight excluding hydrogens is 581 g/mol. The fourth-order valence-electron chi connectivity index (χ4n) is 8.91. The zero-order chi connectivity index (χ0) is 31.4. The molecule has 4 aliphatic rings. The van der Waals surface area contributed by atoms with Crippen LogP contribution in [0, 0.1) is 0 Å². The molecule has 2 heteroatoms. The Labute approximate surface area is 278 Å². The molecule has 0 bridgehead atoms. The Morgan fingerprint density at radius 3 is 1.83 bits per heavy atom. The lowest BCUT2D eigenvalue weighted by molar-refractivity contribution is 0.793. The van der Waals surface area contributed by atoms with Crippen LogP contribution in [0.1, 0.15) is 22.3 Å². The molecule has 0 amide bonds. The Morgan fingerprint density at radius 1 is 0.438 bits per heavy atom. The third-order valence-electron chi connectivity index (χ3n) is 10.8. The summed E-state index contributed by atoms with van der Waals surface area (Å²) in [7, 11) is 0. The van der Waals surface area contributed by atoms with Gasteiger partial charge in [-0.05, 0) is 74.3 Å². The fourth-order valence-corrected chi connectivity index (χ4v) is 8.91. The molecule has 0 radical (unpaired) electrons. The Kier molecular flexibility index (Phi) is 5.07. The number of benzene rings is 7. The van der Waals surface area contributed by atoms with Crippen molar-refractivity contribution in [3.63, 3.8) is 0 Å². The second kappa shape index (κ2) is 9.40. The van der Waals surface area contributed by atoms with E-state index >= 15 is 0 Å². The first kappa shape index (κ1) is 25.9. The van der Waals surface area contributed by atoms with E-state index in [2.05, 4.69) is 175 Å². The van der Waals surface area contributed by atoms with E-state index in [9.17, 15) is 0 Å². The summed E-state index contributed by atoms with van der Waals surface area (Å²) in [6.07, 6.45) is 2.33. The van der Waals surface area contributed by atoms with E-state index < -0.39 is 0 Å². The molecule has 2 aliphatic carbocycles. The predicted molar refractivity (Wildman–Crippen MR) is 197 cm³/mol. The monoisotopic (exact) mass is 608 g/mol. The van der Waals surface area contributed by atoms with Gasteiger partial charge in [0.05, 0.1) is 27.8 Å². The second-order valence-electron chi connectivity index (χ2n) is 13.1. The minimum Gasteiger partial charge on any atom is -0.315 e. The zero-order valence-electron chi connectivity index (χ0n) is 26.1. The molecule has 7 aromatic carbocycles. The number of rotatable bonds is 2. The van der Waals surface area contributed by atoms with Gasteiger partial charge in [0.15, 0.2) is 0 Å². The van der Waals surface area contributed by atoms with Crippen LogP contribution in [0.5, 0.6) is 0 Å².